The monoisotopic (exact) mass is 357 g/mol. The van der Waals surface area contributed by atoms with Crippen LogP contribution in [0.3, 0.4) is 0 Å². The number of hydrogen-bond acceptors (Lipinski definition) is 4. The highest BCUT2D eigenvalue weighted by Gasteiger charge is 2.48. The molecule has 130 valence electrons. The van der Waals surface area contributed by atoms with Gasteiger partial charge in [0.15, 0.2) is 4.80 Å². The highest BCUT2D eigenvalue weighted by molar-refractivity contribution is 7.16. The number of thiazole rings is 1. The molecule has 4 rings (SSSR count). The molecule has 25 heavy (non-hydrogen) atoms. The van der Waals surface area contributed by atoms with Gasteiger partial charge in [-0.15, -0.1) is 0 Å². The third-order valence-electron chi connectivity index (χ3n) is 5.16. The van der Waals surface area contributed by atoms with Gasteiger partial charge in [0.1, 0.15) is 6.54 Å². The van der Waals surface area contributed by atoms with Gasteiger partial charge in [0.2, 0.25) is 11.8 Å². The number of carbonyl (C=O) groups excluding carboxylic acids is 3. The number of imide groups is 1. The van der Waals surface area contributed by atoms with Crippen molar-refractivity contribution < 1.29 is 14.4 Å². The van der Waals surface area contributed by atoms with E-state index in [9.17, 15) is 14.4 Å². The Morgan fingerprint density at radius 2 is 1.80 bits per heavy atom. The molecule has 2 aromatic rings. The van der Waals surface area contributed by atoms with Crippen molar-refractivity contribution in [1.82, 2.24) is 9.47 Å². The second-order valence-corrected chi connectivity index (χ2v) is 7.69. The van der Waals surface area contributed by atoms with E-state index in [1.807, 2.05) is 35.9 Å². The molecule has 2 heterocycles. The molecule has 6 nitrogen and oxygen atoms in total. The summed E-state index contributed by atoms with van der Waals surface area (Å²) >= 11 is 1.42. The van der Waals surface area contributed by atoms with Gasteiger partial charge in [-0.1, -0.05) is 36.3 Å². The van der Waals surface area contributed by atoms with Crippen LogP contribution >= 0.6 is 11.3 Å². The lowest BCUT2D eigenvalue weighted by atomic mass is 9.81. The summed E-state index contributed by atoms with van der Waals surface area (Å²) in [5.41, 5.74) is 0.999. The van der Waals surface area contributed by atoms with Crippen LogP contribution in [-0.2, 0) is 21.4 Å². The number of benzene rings is 1. The van der Waals surface area contributed by atoms with Crippen molar-refractivity contribution in [3.8, 4) is 0 Å². The van der Waals surface area contributed by atoms with E-state index in [2.05, 4.69) is 4.99 Å². The topological polar surface area (TPSA) is 71.7 Å². The number of fused-ring (bicyclic) bond motifs is 2. The van der Waals surface area contributed by atoms with E-state index < -0.39 is 5.91 Å². The summed E-state index contributed by atoms with van der Waals surface area (Å²) < 4.78 is 2.89. The average molecular weight is 357 g/mol. The SMILES string of the molecule is Cn1c(=NC(=O)CN2C(=O)[C@H]3CCCC[C@H]3C2=O)sc2ccccc21. The molecule has 0 unspecified atom stereocenters. The van der Waals surface area contributed by atoms with E-state index in [0.29, 0.717) is 4.80 Å². The number of likely N-dealkylation sites (tertiary alicyclic amines) is 1. The third kappa shape index (κ3) is 2.72. The molecule has 0 radical (unpaired) electrons. The number of para-hydroxylation sites is 1. The van der Waals surface area contributed by atoms with Crippen molar-refractivity contribution in [2.24, 2.45) is 23.9 Å². The molecule has 1 aromatic carbocycles. The summed E-state index contributed by atoms with van der Waals surface area (Å²) in [4.78, 5) is 43.1. The number of nitrogens with zero attached hydrogens (tertiary/aromatic N) is 3. The summed E-state index contributed by atoms with van der Waals surface area (Å²) in [6.45, 7) is -0.251. The molecular weight excluding hydrogens is 338 g/mol. The number of amides is 3. The van der Waals surface area contributed by atoms with Gasteiger partial charge in [-0.2, -0.15) is 4.99 Å². The molecule has 1 saturated carbocycles. The van der Waals surface area contributed by atoms with Crippen LogP contribution in [0, 0.1) is 11.8 Å². The van der Waals surface area contributed by atoms with Crippen LogP contribution in [0.5, 0.6) is 0 Å². The van der Waals surface area contributed by atoms with Crippen LogP contribution in [0.15, 0.2) is 29.3 Å². The predicted octanol–water partition coefficient (Wildman–Crippen LogP) is 1.84. The van der Waals surface area contributed by atoms with Crippen LogP contribution in [0.25, 0.3) is 10.2 Å². The maximum Gasteiger partial charge on any atom is 0.268 e. The molecular formula is C18H19N3O3S. The van der Waals surface area contributed by atoms with Crippen LogP contribution in [0.1, 0.15) is 25.7 Å². The van der Waals surface area contributed by atoms with Crippen molar-refractivity contribution in [3.05, 3.63) is 29.1 Å². The molecule has 0 bridgehead atoms. The zero-order valence-corrected chi connectivity index (χ0v) is 14.8. The van der Waals surface area contributed by atoms with Crippen LogP contribution in [-0.4, -0.2) is 33.7 Å². The Balaban J connectivity index is 1.58. The van der Waals surface area contributed by atoms with E-state index in [1.165, 1.54) is 11.3 Å². The number of rotatable bonds is 2. The Morgan fingerprint density at radius 1 is 1.16 bits per heavy atom. The Hall–Kier alpha value is -2.28. The number of aryl methyl sites for hydroxylation is 1. The molecule has 0 N–H and O–H groups in total. The van der Waals surface area contributed by atoms with Gasteiger partial charge in [-0.05, 0) is 25.0 Å². The fourth-order valence-corrected chi connectivity index (χ4v) is 4.89. The van der Waals surface area contributed by atoms with Crippen molar-refractivity contribution in [3.63, 3.8) is 0 Å². The standard InChI is InChI=1S/C18H19N3O3S/c1-20-13-8-4-5-9-14(13)25-18(20)19-15(22)10-21-16(23)11-6-2-3-7-12(11)17(21)24/h4-5,8-9,11-12H,2-3,6-7,10H2,1H3/t11-,12+. The third-order valence-corrected chi connectivity index (χ3v) is 6.27. The second kappa shape index (κ2) is 6.22. The second-order valence-electron chi connectivity index (χ2n) is 6.68. The zero-order valence-electron chi connectivity index (χ0n) is 14.0. The van der Waals surface area contributed by atoms with Crippen LogP contribution in [0.2, 0.25) is 0 Å². The van der Waals surface area contributed by atoms with Crippen LogP contribution < -0.4 is 4.80 Å². The Kier molecular flexibility index (Phi) is 4.03. The van der Waals surface area contributed by atoms with Crippen molar-refractivity contribution in [2.45, 2.75) is 25.7 Å². The lowest BCUT2D eigenvalue weighted by Gasteiger charge is -2.19. The Bertz CT molecular complexity index is 918. The first-order valence-electron chi connectivity index (χ1n) is 8.53. The smallest absolute Gasteiger partial charge is 0.268 e. The molecule has 7 heteroatoms. The molecule has 1 aliphatic heterocycles. The van der Waals surface area contributed by atoms with Gasteiger partial charge in [-0.25, -0.2) is 0 Å². The van der Waals surface area contributed by atoms with Gasteiger partial charge < -0.3 is 4.57 Å². The minimum atomic E-state index is -0.456. The van der Waals surface area contributed by atoms with Gasteiger partial charge in [-0.3, -0.25) is 19.3 Å². The highest BCUT2D eigenvalue weighted by Crippen LogP contribution is 2.37. The first-order valence-corrected chi connectivity index (χ1v) is 9.35. The lowest BCUT2D eigenvalue weighted by molar-refractivity contribution is -0.143. The van der Waals surface area contributed by atoms with Gasteiger partial charge in [0, 0.05) is 7.05 Å². The predicted molar refractivity (Wildman–Crippen MR) is 93.5 cm³/mol. The van der Waals surface area contributed by atoms with Gasteiger partial charge >= 0.3 is 0 Å². The molecule has 3 amide bonds. The number of aromatic nitrogens is 1. The molecule has 2 aliphatic rings. The van der Waals surface area contributed by atoms with Gasteiger partial charge in [0.05, 0.1) is 22.1 Å². The first-order chi connectivity index (χ1) is 12.1. The molecule has 2 fully saturated rings. The largest absolute Gasteiger partial charge is 0.319 e. The summed E-state index contributed by atoms with van der Waals surface area (Å²) in [6, 6.07) is 7.81. The normalized spacial score (nSPS) is 24.2. The van der Waals surface area contributed by atoms with E-state index in [1.54, 1.807) is 0 Å². The summed E-state index contributed by atoms with van der Waals surface area (Å²) in [5, 5.41) is 0. The first kappa shape index (κ1) is 16.2. The molecule has 1 saturated heterocycles. The molecule has 1 aromatic heterocycles. The Labute approximate surface area is 148 Å². The zero-order chi connectivity index (χ0) is 17.6. The van der Waals surface area contributed by atoms with Crippen molar-refractivity contribution in [1.29, 1.82) is 0 Å². The lowest BCUT2D eigenvalue weighted by Crippen LogP contribution is -2.36. The number of hydrogen-bond donors (Lipinski definition) is 0. The Morgan fingerprint density at radius 3 is 2.44 bits per heavy atom. The maximum atomic E-state index is 12.5. The van der Waals surface area contributed by atoms with E-state index in [-0.39, 0.29) is 30.2 Å². The molecule has 2 atom stereocenters. The average Bonchev–Trinajstić information content (AvgIpc) is 3.06. The van der Waals surface area contributed by atoms with Gasteiger partial charge in [0.25, 0.3) is 5.91 Å². The molecule has 1 aliphatic carbocycles. The minimum Gasteiger partial charge on any atom is -0.319 e. The fourth-order valence-electron chi connectivity index (χ4n) is 3.85. The maximum absolute atomic E-state index is 12.5. The van der Waals surface area contributed by atoms with E-state index in [0.717, 1.165) is 40.8 Å². The molecule has 0 spiro atoms. The summed E-state index contributed by atoms with van der Waals surface area (Å²) in [7, 11) is 1.85. The van der Waals surface area contributed by atoms with Crippen LogP contribution in [0.4, 0.5) is 0 Å². The fraction of sp³-hybridized carbons (Fsp3) is 0.444. The summed E-state index contributed by atoms with van der Waals surface area (Å²) in [5.74, 6) is -1.30. The summed E-state index contributed by atoms with van der Waals surface area (Å²) in [6.07, 6.45) is 3.46. The quantitative estimate of drug-likeness (QED) is 0.770. The van der Waals surface area contributed by atoms with Crippen molar-refractivity contribution in [2.75, 3.05) is 6.54 Å². The number of carbonyl (C=O) groups is 3. The van der Waals surface area contributed by atoms with E-state index >= 15 is 0 Å². The minimum absolute atomic E-state index is 0.195. The van der Waals surface area contributed by atoms with Crippen molar-refractivity contribution >= 4 is 39.3 Å². The van der Waals surface area contributed by atoms with E-state index in [4.69, 9.17) is 0 Å². The highest BCUT2D eigenvalue weighted by atomic mass is 32.1.